The fraction of sp³-hybridized carbons (Fsp3) is 0.700. The summed E-state index contributed by atoms with van der Waals surface area (Å²) in [6.45, 7) is 11.5. The molecule has 0 unspecified atom stereocenters. The molecule has 1 aliphatic carbocycles. The second kappa shape index (κ2) is 7.45. The van der Waals surface area contributed by atoms with E-state index in [0.717, 1.165) is 19.0 Å². The van der Waals surface area contributed by atoms with E-state index in [1.165, 1.54) is 37.7 Å². The standard InChI is InChI=1S/C20H33N/c1-5-14-21-15-20(12-10-17(4)11-13-20)19-8-6-18(7-9-19)16(2)3/h6-9,16-17,21H,5,10-15H2,1-4H3. The van der Waals surface area contributed by atoms with E-state index < -0.39 is 0 Å². The van der Waals surface area contributed by atoms with Crippen LogP contribution in [0.5, 0.6) is 0 Å². The molecule has 0 heterocycles. The molecule has 0 atom stereocenters. The van der Waals surface area contributed by atoms with Crippen molar-refractivity contribution in [1.82, 2.24) is 5.32 Å². The molecule has 118 valence electrons. The number of benzene rings is 1. The maximum absolute atomic E-state index is 3.70. The third kappa shape index (κ3) is 4.10. The molecule has 0 aliphatic heterocycles. The first kappa shape index (κ1) is 16.5. The molecule has 1 heteroatoms. The first-order valence-corrected chi connectivity index (χ1v) is 8.88. The van der Waals surface area contributed by atoms with Crippen LogP contribution in [0.15, 0.2) is 24.3 Å². The summed E-state index contributed by atoms with van der Waals surface area (Å²) in [6.07, 6.45) is 6.65. The quantitative estimate of drug-likeness (QED) is 0.704. The molecule has 0 amide bonds. The lowest BCUT2D eigenvalue weighted by atomic mass is 9.66. The minimum Gasteiger partial charge on any atom is -0.316 e. The Morgan fingerprint density at radius 3 is 2.29 bits per heavy atom. The van der Waals surface area contributed by atoms with Gasteiger partial charge in [-0.3, -0.25) is 0 Å². The Balaban J connectivity index is 2.17. The number of rotatable bonds is 6. The fourth-order valence-electron chi connectivity index (χ4n) is 3.61. The molecular weight excluding hydrogens is 254 g/mol. The van der Waals surface area contributed by atoms with Gasteiger partial charge in [-0.05, 0) is 61.6 Å². The SMILES string of the molecule is CCCNCC1(c2ccc(C(C)C)cc2)CCC(C)CC1. The topological polar surface area (TPSA) is 12.0 Å². The molecule has 1 saturated carbocycles. The van der Waals surface area contributed by atoms with Crippen molar-refractivity contribution in [2.75, 3.05) is 13.1 Å². The molecule has 0 spiro atoms. The molecule has 1 aromatic carbocycles. The largest absolute Gasteiger partial charge is 0.316 e. The molecule has 0 saturated heterocycles. The summed E-state index contributed by atoms with van der Waals surface area (Å²) < 4.78 is 0. The van der Waals surface area contributed by atoms with Gasteiger partial charge in [-0.2, -0.15) is 0 Å². The normalized spacial score (nSPS) is 26.2. The van der Waals surface area contributed by atoms with Crippen LogP contribution in [-0.4, -0.2) is 13.1 Å². The van der Waals surface area contributed by atoms with Gasteiger partial charge in [0.25, 0.3) is 0 Å². The van der Waals surface area contributed by atoms with E-state index in [4.69, 9.17) is 0 Å². The van der Waals surface area contributed by atoms with Crippen LogP contribution in [0.25, 0.3) is 0 Å². The Labute approximate surface area is 131 Å². The second-order valence-electron chi connectivity index (χ2n) is 7.42. The van der Waals surface area contributed by atoms with Crippen molar-refractivity contribution in [3.63, 3.8) is 0 Å². The van der Waals surface area contributed by atoms with Crippen molar-refractivity contribution in [1.29, 1.82) is 0 Å². The van der Waals surface area contributed by atoms with E-state index in [9.17, 15) is 0 Å². The predicted octanol–water partition coefficient (Wildman–Crippen LogP) is 5.26. The van der Waals surface area contributed by atoms with Crippen LogP contribution in [-0.2, 0) is 5.41 Å². The van der Waals surface area contributed by atoms with Crippen LogP contribution < -0.4 is 5.32 Å². The number of hydrogen-bond acceptors (Lipinski definition) is 1. The average molecular weight is 287 g/mol. The lowest BCUT2D eigenvalue weighted by molar-refractivity contribution is 0.234. The van der Waals surface area contributed by atoms with Crippen LogP contribution >= 0.6 is 0 Å². The lowest BCUT2D eigenvalue weighted by Gasteiger charge is -2.40. The van der Waals surface area contributed by atoms with Gasteiger partial charge in [-0.1, -0.05) is 52.0 Å². The van der Waals surface area contributed by atoms with Crippen molar-refractivity contribution in [3.8, 4) is 0 Å². The van der Waals surface area contributed by atoms with Gasteiger partial charge in [0.1, 0.15) is 0 Å². The second-order valence-corrected chi connectivity index (χ2v) is 7.42. The fourth-order valence-corrected chi connectivity index (χ4v) is 3.61. The highest BCUT2D eigenvalue weighted by Gasteiger charge is 2.35. The third-order valence-corrected chi connectivity index (χ3v) is 5.31. The van der Waals surface area contributed by atoms with Gasteiger partial charge >= 0.3 is 0 Å². The Kier molecular flexibility index (Phi) is 5.87. The molecule has 2 rings (SSSR count). The lowest BCUT2D eigenvalue weighted by Crippen LogP contribution is -2.41. The first-order valence-electron chi connectivity index (χ1n) is 8.88. The Bertz CT molecular complexity index is 410. The summed E-state index contributed by atoms with van der Waals surface area (Å²) >= 11 is 0. The highest BCUT2D eigenvalue weighted by molar-refractivity contribution is 5.31. The summed E-state index contributed by atoms with van der Waals surface area (Å²) in [7, 11) is 0. The Morgan fingerprint density at radius 1 is 1.14 bits per heavy atom. The molecule has 0 aromatic heterocycles. The molecule has 0 radical (unpaired) electrons. The van der Waals surface area contributed by atoms with Crippen molar-refractivity contribution in [2.45, 2.75) is 71.1 Å². The van der Waals surface area contributed by atoms with Crippen molar-refractivity contribution in [3.05, 3.63) is 35.4 Å². The van der Waals surface area contributed by atoms with Crippen molar-refractivity contribution in [2.24, 2.45) is 5.92 Å². The highest BCUT2D eigenvalue weighted by Crippen LogP contribution is 2.41. The first-order chi connectivity index (χ1) is 10.1. The van der Waals surface area contributed by atoms with Crippen molar-refractivity contribution < 1.29 is 0 Å². The zero-order chi connectivity index (χ0) is 15.3. The van der Waals surface area contributed by atoms with Gasteiger partial charge < -0.3 is 5.32 Å². The minimum absolute atomic E-state index is 0.372. The summed E-state index contributed by atoms with van der Waals surface area (Å²) in [5.41, 5.74) is 3.39. The van der Waals surface area contributed by atoms with Crippen LogP contribution in [0, 0.1) is 5.92 Å². The molecule has 21 heavy (non-hydrogen) atoms. The zero-order valence-electron chi connectivity index (χ0n) is 14.4. The minimum atomic E-state index is 0.372. The van der Waals surface area contributed by atoms with E-state index in [2.05, 4.69) is 57.3 Å². The Morgan fingerprint density at radius 2 is 1.76 bits per heavy atom. The Hall–Kier alpha value is -0.820. The van der Waals surface area contributed by atoms with E-state index in [1.807, 2.05) is 0 Å². The van der Waals surface area contributed by atoms with Crippen LogP contribution in [0.3, 0.4) is 0 Å². The van der Waals surface area contributed by atoms with Crippen LogP contribution in [0.4, 0.5) is 0 Å². The molecule has 1 aliphatic rings. The zero-order valence-corrected chi connectivity index (χ0v) is 14.4. The van der Waals surface area contributed by atoms with Crippen LogP contribution in [0.1, 0.15) is 76.8 Å². The summed E-state index contributed by atoms with van der Waals surface area (Å²) in [6, 6.07) is 9.50. The van der Waals surface area contributed by atoms with Crippen molar-refractivity contribution >= 4 is 0 Å². The van der Waals surface area contributed by atoms with Gasteiger partial charge in [0.15, 0.2) is 0 Å². The summed E-state index contributed by atoms with van der Waals surface area (Å²) in [4.78, 5) is 0. The third-order valence-electron chi connectivity index (χ3n) is 5.31. The summed E-state index contributed by atoms with van der Waals surface area (Å²) in [5.74, 6) is 1.53. The van der Waals surface area contributed by atoms with E-state index in [1.54, 1.807) is 5.56 Å². The predicted molar refractivity (Wildman–Crippen MR) is 93.0 cm³/mol. The van der Waals surface area contributed by atoms with Gasteiger partial charge in [0.05, 0.1) is 0 Å². The molecule has 1 N–H and O–H groups in total. The molecule has 1 aromatic rings. The summed E-state index contributed by atoms with van der Waals surface area (Å²) in [5, 5.41) is 3.70. The van der Waals surface area contributed by atoms with Gasteiger partial charge in [-0.15, -0.1) is 0 Å². The maximum Gasteiger partial charge on any atom is 0.00779 e. The van der Waals surface area contributed by atoms with E-state index >= 15 is 0 Å². The molecular formula is C20H33N. The maximum atomic E-state index is 3.70. The molecule has 1 fully saturated rings. The highest BCUT2D eigenvalue weighted by atomic mass is 14.9. The van der Waals surface area contributed by atoms with Gasteiger partial charge in [0, 0.05) is 12.0 Å². The smallest absolute Gasteiger partial charge is 0.00779 e. The van der Waals surface area contributed by atoms with E-state index in [0.29, 0.717) is 11.3 Å². The monoisotopic (exact) mass is 287 g/mol. The van der Waals surface area contributed by atoms with Crippen LogP contribution in [0.2, 0.25) is 0 Å². The molecule has 0 bridgehead atoms. The van der Waals surface area contributed by atoms with Gasteiger partial charge in [-0.25, -0.2) is 0 Å². The average Bonchev–Trinajstić information content (AvgIpc) is 2.50. The number of hydrogen-bond donors (Lipinski definition) is 1. The number of nitrogens with one attached hydrogen (secondary N) is 1. The molecule has 1 nitrogen and oxygen atoms in total. The van der Waals surface area contributed by atoms with Gasteiger partial charge in [0.2, 0.25) is 0 Å². The van der Waals surface area contributed by atoms with E-state index in [-0.39, 0.29) is 0 Å².